The zero-order chi connectivity index (χ0) is 14.0. The summed E-state index contributed by atoms with van der Waals surface area (Å²) in [7, 11) is 0. The van der Waals surface area contributed by atoms with E-state index in [0.717, 1.165) is 5.56 Å². The summed E-state index contributed by atoms with van der Waals surface area (Å²) < 4.78 is 6.61. The fourth-order valence-electron chi connectivity index (χ4n) is 1.68. The van der Waals surface area contributed by atoms with E-state index in [2.05, 4.69) is 4.98 Å². The number of carbonyl (C=O) groups excluding carboxylic acids is 1. The first-order valence-electron chi connectivity index (χ1n) is 6.00. The number of aromatic nitrogens is 2. The van der Waals surface area contributed by atoms with Crippen molar-refractivity contribution in [1.29, 1.82) is 0 Å². The van der Waals surface area contributed by atoms with E-state index >= 15 is 0 Å². The van der Waals surface area contributed by atoms with Crippen molar-refractivity contribution in [3.63, 3.8) is 0 Å². The van der Waals surface area contributed by atoms with Gasteiger partial charge in [0.05, 0.1) is 11.9 Å². The normalized spacial score (nSPS) is 11.3. The van der Waals surface area contributed by atoms with Crippen LogP contribution in [-0.2, 0) is 4.74 Å². The lowest BCUT2D eigenvalue weighted by atomic mass is 10.2. The highest BCUT2D eigenvalue weighted by atomic mass is 16.6. The number of nitrogens with zero attached hydrogens (tertiary/aromatic N) is 2. The Morgan fingerprint density at radius 2 is 1.89 bits per heavy atom. The van der Waals surface area contributed by atoms with Crippen molar-refractivity contribution in [3.05, 3.63) is 36.5 Å². The van der Waals surface area contributed by atoms with Crippen LogP contribution in [0, 0.1) is 0 Å². The number of nitrogens with two attached hydrogens (primary N) is 1. The van der Waals surface area contributed by atoms with Gasteiger partial charge in [-0.05, 0) is 20.8 Å². The van der Waals surface area contributed by atoms with Crippen molar-refractivity contribution in [3.8, 4) is 11.3 Å². The van der Waals surface area contributed by atoms with Crippen LogP contribution in [-0.4, -0.2) is 21.2 Å². The van der Waals surface area contributed by atoms with Crippen molar-refractivity contribution in [1.82, 2.24) is 9.55 Å². The van der Waals surface area contributed by atoms with Crippen LogP contribution >= 0.6 is 0 Å². The lowest BCUT2D eigenvalue weighted by Gasteiger charge is -2.20. The molecule has 0 unspecified atom stereocenters. The summed E-state index contributed by atoms with van der Waals surface area (Å²) in [4.78, 5) is 16.1. The molecular weight excluding hydrogens is 242 g/mol. The molecule has 0 aliphatic rings. The van der Waals surface area contributed by atoms with Crippen LogP contribution in [0.1, 0.15) is 20.8 Å². The first-order chi connectivity index (χ1) is 8.88. The van der Waals surface area contributed by atoms with Gasteiger partial charge in [-0.25, -0.2) is 14.3 Å². The highest BCUT2D eigenvalue weighted by Crippen LogP contribution is 2.23. The van der Waals surface area contributed by atoms with E-state index in [1.807, 2.05) is 30.3 Å². The highest BCUT2D eigenvalue weighted by Gasteiger charge is 2.22. The molecule has 0 spiro atoms. The SMILES string of the molecule is CC(C)(C)OC(=O)n1c(-c2ccccc2)cnc1N. The van der Waals surface area contributed by atoms with Gasteiger partial charge >= 0.3 is 6.09 Å². The molecule has 2 aromatic rings. The third-order valence-corrected chi connectivity index (χ3v) is 2.43. The fraction of sp³-hybridized carbons (Fsp3) is 0.286. The Morgan fingerprint density at radius 3 is 2.47 bits per heavy atom. The molecule has 0 amide bonds. The Morgan fingerprint density at radius 1 is 1.26 bits per heavy atom. The van der Waals surface area contributed by atoms with Gasteiger partial charge in [0, 0.05) is 5.56 Å². The van der Waals surface area contributed by atoms with E-state index in [4.69, 9.17) is 10.5 Å². The van der Waals surface area contributed by atoms with E-state index < -0.39 is 11.7 Å². The maximum Gasteiger partial charge on any atom is 0.421 e. The van der Waals surface area contributed by atoms with Crippen LogP contribution in [0.15, 0.2) is 36.5 Å². The molecule has 5 nitrogen and oxygen atoms in total. The van der Waals surface area contributed by atoms with Crippen molar-refractivity contribution in [2.75, 3.05) is 5.73 Å². The molecule has 1 aromatic carbocycles. The van der Waals surface area contributed by atoms with Crippen molar-refractivity contribution < 1.29 is 9.53 Å². The van der Waals surface area contributed by atoms with Gasteiger partial charge in [0.15, 0.2) is 0 Å². The molecule has 0 radical (unpaired) electrons. The van der Waals surface area contributed by atoms with Gasteiger partial charge in [-0.1, -0.05) is 30.3 Å². The zero-order valence-corrected chi connectivity index (χ0v) is 11.3. The molecule has 2 N–H and O–H groups in total. The third kappa shape index (κ3) is 2.93. The van der Waals surface area contributed by atoms with Gasteiger partial charge < -0.3 is 10.5 Å². The second-order valence-electron chi connectivity index (χ2n) is 5.18. The summed E-state index contributed by atoms with van der Waals surface area (Å²) in [6, 6.07) is 9.45. The molecule has 0 saturated carbocycles. The average molecular weight is 259 g/mol. The Hall–Kier alpha value is -2.30. The Labute approximate surface area is 112 Å². The summed E-state index contributed by atoms with van der Waals surface area (Å²) in [6.07, 6.45) is 1.04. The summed E-state index contributed by atoms with van der Waals surface area (Å²) in [5, 5.41) is 0. The predicted octanol–water partition coefficient (Wildman–Crippen LogP) is 2.92. The molecule has 0 bridgehead atoms. The van der Waals surface area contributed by atoms with Gasteiger partial charge in [0.1, 0.15) is 5.60 Å². The molecule has 0 aliphatic carbocycles. The molecule has 2 rings (SSSR count). The minimum atomic E-state index is -0.582. The van der Waals surface area contributed by atoms with E-state index in [0.29, 0.717) is 5.69 Å². The monoisotopic (exact) mass is 259 g/mol. The number of nitrogen functional groups attached to an aromatic ring is 1. The minimum absolute atomic E-state index is 0.119. The summed E-state index contributed by atoms with van der Waals surface area (Å²) in [5.41, 5.74) is 6.64. The van der Waals surface area contributed by atoms with Crippen LogP contribution in [0.5, 0.6) is 0 Å². The lowest BCUT2D eigenvalue weighted by Crippen LogP contribution is -2.28. The number of ether oxygens (including phenoxy) is 1. The summed E-state index contributed by atoms with van der Waals surface area (Å²) in [5.74, 6) is 0.119. The summed E-state index contributed by atoms with van der Waals surface area (Å²) >= 11 is 0. The topological polar surface area (TPSA) is 70.1 Å². The quantitative estimate of drug-likeness (QED) is 0.854. The summed E-state index contributed by atoms with van der Waals surface area (Å²) in [6.45, 7) is 5.42. The van der Waals surface area contributed by atoms with E-state index in [9.17, 15) is 4.79 Å². The first kappa shape index (κ1) is 13.1. The number of benzene rings is 1. The van der Waals surface area contributed by atoms with Gasteiger partial charge in [-0.2, -0.15) is 0 Å². The maximum absolute atomic E-state index is 12.2. The molecular formula is C14H17N3O2. The second-order valence-corrected chi connectivity index (χ2v) is 5.18. The van der Waals surface area contributed by atoms with Crippen molar-refractivity contribution in [2.24, 2.45) is 0 Å². The van der Waals surface area contributed by atoms with E-state index in [1.165, 1.54) is 4.57 Å². The van der Waals surface area contributed by atoms with Gasteiger partial charge in [0.2, 0.25) is 5.95 Å². The van der Waals surface area contributed by atoms with Crippen molar-refractivity contribution >= 4 is 12.0 Å². The molecule has 1 aromatic heterocycles. The molecule has 0 fully saturated rings. The molecule has 5 heteroatoms. The lowest BCUT2D eigenvalue weighted by molar-refractivity contribution is 0.0543. The Bertz CT molecular complexity index is 582. The van der Waals surface area contributed by atoms with Gasteiger partial charge in [-0.3, -0.25) is 0 Å². The smallest absolute Gasteiger partial charge is 0.421 e. The number of hydrogen-bond donors (Lipinski definition) is 1. The van der Waals surface area contributed by atoms with Gasteiger partial charge in [-0.15, -0.1) is 0 Å². The average Bonchev–Trinajstić information content (AvgIpc) is 2.70. The molecule has 19 heavy (non-hydrogen) atoms. The van der Waals surface area contributed by atoms with Crippen LogP contribution < -0.4 is 5.73 Å². The first-order valence-corrected chi connectivity index (χ1v) is 6.00. The molecule has 0 aliphatic heterocycles. The van der Waals surface area contributed by atoms with Crippen LogP contribution in [0.25, 0.3) is 11.3 Å². The molecule has 0 atom stereocenters. The Balaban J connectivity index is 2.42. The number of imidazole rings is 1. The van der Waals surface area contributed by atoms with Crippen LogP contribution in [0.3, 0.4) is 0 Å². The van der Waals surface area contributed by atoms with Crippen LogP contribution in [0.2, 0.25) is 0 Å². The predicted molar refractivity (Wildman–Crippen MR) is 73.7 cm³/mol. The molecule has 100 valence electrons. The maximum atomic E-state index is 12.2. The largest absolute Gasteiger partial charge is 0.443 e. The van der Waals surface area contributed by atoms with Gasteiger partial charge in [0.25, 0.3) is 0 Å². The standard InChI is InChI=1S/C14H17N3O2/c1-14(2,3)19-13(18)17-11(9-16-12(17)15)10-7-5-4-6-8-10/h4-9H,1-3H3,(H2,15,16). The number of hydrogen-bond acceptors (Lipinski definition) is 4. The highest BCUT2D eigenvalue weighted by molar-refractivity contribution is 5.81. The fourth-order valence-corrected chi connectivity index (χ4v) is 1.68. The van der Waals surface area contributed by atoms with E-state index in [1.54, 1.807) is 27.0 Å². The van der Waals surface area contributed by atoms with Crippen molar-refractivity contribution in [2.45, 2.75) is 26.4 Å². The molecule has 1 heterocycles. The number of anilines is 1. The number of rotatable bonds is 1. The minimum Gasteiger partial charge on any atom is -0.443 e. The second kappa shape index (κ2) is 4.76. The zero-order valence-electron chi connectivity index (χ0n) is 11.3. The third-order valence-electron chi connectivity index (χ3n) is 2.43. The van der Waals surface area contributed by atoms with E-state index in [-0.39, 0.29) is 5.95 Å². The van der Waals surface area contributed by atoms with Crippen LogP contribution in [0.4, 0.5) is 10.7 Å². The Kier molecular flexibility index (Phi) is 3.29. The number of carbonyl (C=O) groups is 1. The molecule has 0 saturated heterocycles.